The molecule has 0 aromatic rings. The Kier molecular flexibility index (Phi) is 10.4. The zero-order chi connectivity index (χ0) is 17.8. The largest absolute Gasteiger partial charge is 0.329 e. The third kappa shape index (κ3) is 7.02. The highest BCUT2D eigenvalue weighted by molar-refractivity contribution is 5.85. The molecular formula is C20H36N4. The van der Waals surface area contributed by atoms with E-state index in [1.165, 1.54) is 35.3 Å². The van der Waals surface area contributed by atoms with Crippen molar-refractivity contribution in [2.24, 2.45) is 10.8 Å². The Labute approximate surface area is 148 Å². The lowest BCUT2D eigenvalue weighted by Gasteiger charge is -2.23. The van der Waals surface area contributed by atoms with E-state index in [4.69, 9.17) is 5.73 Å². The van der Waals surface area contributed by atoms with Gasteiger partial charge in [0.2, 0.25) is 0 Å². The van der Waals surface area contributed by atoms with Crippen molar-refractivity contribution in [3.8, 4) is 0 Å². The van der Waals surface area contributed by atoms with Crippen molar-refractivity contribution < 1.29 is 0 Å². The Hall–Kier alpha value is -1.39. The summed E-state index contributed by atoms with van der Waals surface area (Å²) >= 11 is 0. The summed E-state index contributed by atoms with van der Waals surface area (Å²) in [6, 6.07) is 0. The zero-order valence-corrected chi connectivity index (χ0v) is 15.9. The van der Waals surface area contributed by atoms with E-state index in [2.05, 4.69) is 48.0 Å². The molecule has 24 heavy (non-hydrogen) atoms. The molecule has 0 aromatic carbocycles. The summed E-state index contributed by atoms with van der Waals surface area (Å²) in [5.41, 5.74) is 14.0. The monoisotopic (exact) mass is 332 g/mol. The van der Waals surface area contributed by atoms with Crippen LogP contribution in [0.15, 0.2) is 40.6 Å². The smallest absolute Gasteiger partial charge is 0.0515 e. The summed E-state index contributed by atoms with van der Waals surface area (Å²) in [4.78, 5) is 2.41. The maximum atomic E-state index is 5.77. The van der Waals surface area contributed by atoms with E-state index in [9.17, 15) is 0 Å². The average molecular weight is 333 g/mol. The fraction of sp³-hybridized carbons (Fsp3) is 0.650. The topological polar surface area (TPSA) is 53.6 Å². The molecule has 1 fully saturated rings. The minimum atomic E-state index is 0.695. The maximum Gasteiger partial charge on any atom is 0.0515 e. The third-order valence-electron chi connectivity index (χ3n) is 4.54. The molecule has 0 spiro atoms. The summed E-state index contributed by atoms with van der Waals surface area (Å²) in [5, 5.41) is 4.35. The van der Waals surface area contributed by atoms with Crippen molar-refractivity contribution in [1.82, 2.24) is 10.3 Å². The van der Waals surface area contributed by atoms with Gasteiger partial charge in [-0.25, -0.2) is 0 Å². The van der Waals surface area contributed by atoms with E-state index in [-0.39, 0.29) is 0 Å². The Bertz CT molecular complexity index is 474. The van der Waals surface area contributed by atoms with Crippen molar-refractivity contribution in [1.29, 1.82) is 0 Å². The molecule has 136 valence electrons. The molecule has 0 aromatic heterocycles. The molecule has 0 aliphatic heterocycles. The van der Waals surface area contributed by atoms with Crippen LogP contribution >= 0.6 is 0 Å². The molecule has 1 aliphatic rings. The first-order valence-electron chi connectivity index (χ1n) is 9.34. The van der Waals surface area contributed by atoms with Crippen molar-refractivity contribution in [2.45, 2.75) is 52.4 Å². The van der Waals surface area contributed by atoms with Gasteiger partial charge in [0.15, 0.2) is 0 Å². The Morgan fingerprint density at radius 3 is 2.79 bits per heavy atom. The van der Waals surface area contributed by atoms with E-state index in [0.29, 0.717) is 6.54 Å². The van der Waals surface area contributed by atoms with Crippen LogP contribution in [-0.4, -0.2) is 43.8 Å². The van der Waals surface area contributed by atoms with E-state index in [1.54, 1.807) is 0 Å². The number of nitrogens with zero attached hydrogens (tertiary/aromatic N) is 2. The number of hydrazone groups is 1. The number of nitrogens with one attached hydrogen (secondary N) is 1. The Morgan fingerprint density at radius 1 is 1.38 bits per heavy atom. The Balaban J connectivity index is 2.51. The molecule has 0 heterocycles. The SMILES string of the molecule is C=C1CCCC(=C/CCCN(CCN)C/C(CC)=N/NC)/C1=C\C. The first-order chi connectivity index (χ1) is 11.7. The number of unbranched alkanes of at least 4 members (excludes halogenated alkanes) is 1. The van der Waals surface area contributed by atoms with Gasteiger partial charge < -0.3 is 11.2 Å². The molecule has 0 radical (unpaired) electrons. The second kappa shape index (κ2) is 12.0. The van der Waals surface area contributed by atoms with Crippen LogP contribution in [0.3, 0.4) is 0 Å². The van der Waals surface area contributed by atoms with Crippen LogP contribution in [0.5, 0.6) is 0 Å². The number of nitrogens with two attached hydrogens (primary N) is 1. The minimum Gasteiger partial charge on any atom is -0.329 e. The van der Waals surface area contributed by atoms with Gasteiger partial charge in [-0.2, -0.15) is 5.10 Å². The highest BCUT2D eigenvalue weighted by Gasteiger charge is 2.14. The minimum absolute atomic E-state index is 0.695. The van der Waals surface area contributed by atoms with Gasteiger partial charge in [-0.3, -0.25) is 4.90 Å². The van der Waals surface area contributed by atoms with Gasteiger partial charge in [-0.1, -0.05) is 25.7 Å². The average Bonchev–Trinajstić information content (AvgIpc) is 2.58. The molecule has 1 aliphatic carbocycles. The number of allylic oxidation sites excluding steroid dienone is 5. The second-order valence-corrected chi connectivity index (χ2v) is 6.35. The molecule has 0 atom stereocenters. The van der Waals surface area contributed by atoms with Crippen LogP contribution in [-0.2, 0) is 0 Å². The molecule has 0 saturated heterocycles. The van der Waals surface area contributed by atoms with E-state index < -0.39 is 0 Å². The summed E-state index contributed by atoms with van der Waals surface area (Å²) < 4.78 is 0. The first-order valence-corrected chi connectivity index (χ1v) is 9.34. The van der Waals surface area contributed by atoms with E-state index in [0.717, 1.165) is 45.3 Å². The molecule has 1 saturated carbocycles. The molecule has 1 rings (SSSR count). The van der Waals surface area contributed by atoms with Crippen molar-refractivity contribution >= 4 is 5.71 Å². The van der Waals surface area contributed by atoms with Gasteiger partial charge in [-0.05, 0) is 68.7 Å². The summed E-state index contributed by atoms with van der Waals surface area (Å²) in [6.45, 7) is 12.1. The fourth-order valence-electron chi connectivity index (χ4n) is 3.28. The third-order valence-corrected chi connectivity index (χ3v) is 4.54. The van der Waals surface area contributed by atoms with Crippen LogP contribution < -0.4 is 11.2 Å². The second-order valence-electron chi connectivity index (χ2n) is 6.35. The normalized spacial score (nSPS) is 19.5. The molecule has 0 amide bonds. The van der Waals surface area contributed by atoms with E-state index in [1.807, 2.05) is 7.05 Å². The first kappa shape index (κ1) is 20.7. The van der Waals surface area contributed by atoms with Gasteiger partial charge in [0.1, 0.15) is 0 Å². The molecular weight excluding hydrogens is 296 g/mol. The molecule has 0 unspecified atom stereocenters. The molecule has 4 nitrogen and oxygen atoms in total. The lowest BCUT2D eigenvalue weighted by molar-refractivity contribution is 0.314. The highest BCUT2D eigenvalue weighted by Crippen LogP contribution is 2.32. The van der Waals surface area contributed by atoms with E-state index >= 15 is 0 Å². The van der Waals surface area contributed by atoms with Crippen LogP contribution in [0.4, 0.5) is 0 Å². The number of rotatable bonds is 10. The summed E-state index contributed by atoms with van der Waals surface area (Å²) in [7, 11) is 1.85. The predicted octanol–water partition coefficient (Wildman–Crippen LogP) is 3.63. The number of hydrogen-bond donors (Lipinski definition) is 2. The zero-order valence-electron chi connectivity index (χ0n) is 15.9. The van der Waals surface area contributed by atoms with Crippen LogP contribution in [0.1, 0.15) is 52.4 Å². The van der Waals surface area contributed by atoms with Crippen molar-refractivity contribution in [3.63, 3.8) is 0 Å². The standard InChI is InChI=1S/C20H36N4/c1-5-19(23-22-4)16-24(15-13-21)14-8-7-11-18-12-9-10-17(3)20(18)6-2/h6,11,22H,3,5,7-10,12-16,21H2,1-2,4H3/b18-11-,20-6-,23-19+. The van der Waals surface area contributed by atoms with Crippen LogP contribution in [0, 0.1) is 0 Å². The lowest BCUT2D eigenvalue weighted by Crippen LogP contribution is -2.35. The summed E-state index contributed by atoms with van der Waals surface area (Å²) in [5.74, 6) is 0. The fourth-order valence-corrected chi connectivity index (χ4v) is 3.28. The molecule has 3 N–H and O–H groups in total. The van der Waals surface area contributed by atoms with Crippen LogP contribution in [0.2, 0.25) is 0 Å². The lowest BCUT2D eigenvalue weighted by atomic mass is 9.85. The quantitative estimate of drug-likeness (QED) is 0.365. The maximum absolute atomic E-state index is 5.77. The predicted molar refractivity (Wildman–Crippen MR) is 106 cm³/mol. The van der Waals surface area contributed by atoms with Crippen molar-refractivity contribution in [3.05, 3.63) is 35.5 Å². The van der Waals surface area contributed by atoms with Gasteiger partial charge in [0, 0.05) is 26.7 Å². The van der Waals surface area contributed by atoms with Gasteiger partial charge in [-0.15, -0.1) is 0 Å². The summed E-state index contributed by atoms with van der Waals surface area (Å²) in [6.07, 6.45) is 11.5. The van der Waals surface area contributed by atoms with Crippen molar-refractivity contribution in [2.75, 3.05) is 33.2 Å². The van der Waals surface area contributed by atoms with Gasteiger partial charge in [0.25, 0.3) is 0 Å². The Morgan fingerprint density at radius 2 is 2.17 bits per heavy atom. The molecule has 0 bridgehead atoms. The molecule has 4 heteroatoms. The van der Waals surface area contributed by atoms with Gasteiger partial charge in [0.05, 0.1) is 5.71 Å². The highest BCUT2D eigenvalue weighted by atomic mass is 15.3. The number of hydrogen-bond acceptors (Lipinski definition) is 4. The van der Waals surface area contributed by atoms with Crippen LogP contribution in [0.25, 0.3) is 0 Å². The van der Waals surface area contributed by atoms with Gasteiger partial charge >= 0.3 is 0 Å².